The van der Waals surface area contributed by atoms with E-state index in [1.807, 2.05) is 12.1 Å². The molecule has 1 unspecified atom stereocenters. The Hall–Kier alpha value is -0.870. The Morgan fingerprint density at radius 1 is 1.05 bits per heavy atom. The van der Waals surface area contributed by atoms with Crippen LogP contribution in [0.5, 0.6) is 0 Å². The monoisotopic (exact) mass is 378 g/mol. The highest BCUT2D eigenvalue weighted by Crippen LogP contribution is 2.34. The van der Waals surface area contributed by atoms with Crippen molar-refractivity contribution in [3.63, 3.8) is 0 Å². The summed E-state index contributed by atoms with van der Waals surface area (Å²) in [7, 11) is 0. The number of nitrogens with zero attached hydrogens (tertiary/aromatic N) is 1. The first kappa shape index (κ1) is 16.0. The molecule has 116 valence electrons. The molecule has 1 heterocycles. The topological polar surface area (TPSA) is 15.3 Å². The zero-order valence-electron chi connectivity index (χ0n) is 12.4. The average Bonchev–Trinajstić information content (AvgIpc) is 2.79. The molecule has 4 heteroatoms. The fourth-order valence-electron chi connectivity index (χ4n) is 3.09. The van der Waals surface area contributed by atoms with Gasteiger partial charge in [0.1, 0.15) is 0 Å². The van der Waals surface area contributed by atoms with E-state index in [1.54, 1.807) is 0 Å². The van der Waals surface area contributed by atoms with Crippen LogP contribution in [0.1, 0.15) is 23.6 Å². The van der Waals surface area contributed by atoms with Crippen molar-refractivity contribution in [2.45, 2.75) is 12.5 Å². The fraction of sp³-hybridized carbons (Fsp3) is 0.333. The molecular weight excluding hydrogens is 360 g/mol. The third-order valence-electron chi connectivity index (χ3n) is 4.10. The molecule has 22 heavy (non-hydrogen) atoms. The molecule has 0 spiro atoms. The molecule has 0 aliphatic carbocycles. The summed E-state index contributed by atoms with van der Waals surface area (Å²) in [4.78, 5) is 2.53. The van der Waals surface area contributed by atoms with E-state index in [4.69, 9.17) is 11.6 Å². The molecule has 1 fully saturated rings. The van der Waals surface area contributed by atoms with Gasteiger partial charge in [-0.25, -0.2) is 0 Å². The minimum Gasteiger partial charge on any atom is -0.315 e. The van der Waals surface area contributed by atoms with Crippen LogP contribution in [0.15, 0.2) is 53.0 Å². The lowest BCUT2D eigenvalue weighted by Gasteiger charge is -2.32. The highest BCUT2D eigenvalue weighted by atomic mass is 79.9. The summed E-state index contributed by atoms with van der Waals surface area (Å²) in [5.74, 6) is 0. The first-order chi connectivity index (χ1) is 10.8. The molecule has 0 radical (unpaired) electrons. The first-order valence-electron chi connectivity index (χ1n) is 7.70. The van der Waals surface area contributed by atoms with Crippen molar-refractivity contribution in [1.82, 2.24) is 10.2 Å². The number of nitrogens with one attached hydrogen (secondary N) is 1. The zero-order chi connectivity index (χ0) is 15.4. The Bertz CT molecular complexity index is 624. The van der Waals surface area contributed by atoms with Gasteiger partial charge in [0.25, 0.3) is 0 Å². The summed E-state index contributed by atoms with van der Waals surface area (Å²) >= 11 is 10.1. The Morgan fingerprint density at radius 2 is 1.91 bits per heavy atom. The van der Waals surface area contributed by atoms with Gasteiger partial charge in [-0.3, -0.25) is 4.90 Å². The Kier molecular flexibility index (Phi) is 5.53. The van der Waals surface area contributed by atoms with Crippen LogP contribution in [0.4, 0.5) is 0 Å². The van der Waals surface area contributed by atoms with E-state index in [0.29, 0.717) is 0 Å². The van der Waals surface area contributed by atoms with Crippen molar-refractivity contribution in [3.05, 3.63) is 69.2 Å². The molecule has 1 saturated heterocycles. The van der Waals surface area contributed by atoms with Crippen LogP contribution in [0.25, 0.3) is 0 Å². The van der Waals surface area contributed by atoms with Gasteiger partial charge in [-0.05, 0) is 42.3 Å². The molecule has 0 bridgehead atoms. The van der Waals surface area contributed by atoms with E-state index in [1.165, 1.54) is 11.1 Å². The van der Waals surface area contributed by atoms with Crippen molar-refractivity contribution >= 4 is 27.5 Å². The number of rotatable bonds is 3. The van der Waals surface area contributed by atoms with Crippen LogP contribution < -0.4 is 5.32 Å². The van der Waals surface area contributed by atoms with Gasteiger partial charge in [0.05, 0.1) is 6.04 Å². The predicted molar refractivity (Wildman–Crippen MR) is 96.5 cm³/mol. The molecule has 2 nitrogen and oxygen atoms in total. The second kappa shape index (κ2) is 7.60. The SMILES string of the molecule is Clc1ccccc1C(c1cccc(Br)c1)N1CCCNCC1. The molecule has 1 aliphatic rings. The Labute approximate surface area is 145 Å². The van der Waals surface area contributed by atoms with Crippen molar-refractivity contribution in [2.75, 3.05) is 26.2 Å². The van der Waals surface area contributed by atoms with Crippen molar-refractivity contribution in [2.24, 2.45) is 0 Å². The van der Waals surface area contributed by atoms with Gasteiger partial charge >= 0.3 is 0 Å². The predicted octanol–water partition coefficient (Wildman–Crippen LogP) is 4.49. The van der Waals surface area contributed by atoms with Gasteiger partial charge in [-0.1, -0.05) is 57.9 Å². The number of benzene rings is 2. The zero-order valence-corrected chi connectivity index (χ0v) is 14.8. The summed E-state index contributed by atoms with van der Waals surface area (Å²) in [6.45, 7) is 4.22. The van der Waals surface area contributed by atoms with Crippen LogP contribution in [0.3, 0.4) is 0 Å². The minimum absolute atomic E-state index is 0.200. The van der Waals surface area contributed by atoms with Crippen LogP contribution in [0.2, 0.25) is 5.02 Å². The normalized spacial score (nSPS) is 17.9. The lowest BCUT2D eigenvalue weighted by atomic mass is 9.96. The summed E-state index contributed by atoms with van der Waals surface area (Å²) < 4.78 is 1.11. The smallest absolute Gasteiger partial charge is 0.0617 e. The van der Waals surface area contributed by atoms with Crippen molar-refractivity contribution in [3.8, 4) is 0 Å². The van der Waals surface area contributed by atoms with Gasteiger partial charge in [0.15, 0.2) is 0 Å². The average molecular weight is 380 g/mol. The summed E-state index contributed by atoms with van der Waals surface area (Å²) in [6, 6.07) is 17.0. The van der Waals surface area contributed by atoms with E-state index < -0.39 is 0 Å². The Morgan fingerprint density at radius 3 is 2.73 bits per heavy atom. The maximum Gasteiger partial charge on any atom is 0.0617 e. The summed E-state index contributed by atoms with van der Waals surface area (Å²) in [6.07, 6.45) is 1.16. The van der Waals surface area contributed by atoms with Crippen LogP contribution in [-0.4, -0.2) is 31.1 Å². The maximum absolute atomic E-state index is 6.51. The van der Waals surface area contributed by atoms with E-state index in [2.05, 4.69) is 62.5 Å². The Balaban J connectivity index is 2.03. The number of hydrogen-bond donors (Lipinski definition) is 1. The molecule has 3 rings (SSSR count). The quantitative estimate of drug-likeness (QED) is 0.845. The maximum atomic E-state index is 6.51. The molecule has 1 atom stereocenters. The summed E-state index contributed by atoms with van der Waals surface area (Å²) in [5.41, 5.74) is 2.47. The fourth-order valence-corrected chi connectivity index (χ4v) is 3.74. The van der Waals surface area contributed by atoms with Crippen molar-refractivity contribution < 1.29 is 0 Å². The molecule has 0 amide bonds. The molecule has 0 aromatic heterocycles. The molecular formula is C18H20BrClN2. The van der Waals surface area contributed by atoms with E-state index in [9.17, 15) is 0 Å². The highest BCUT2D eigenvalue weighted by Gasteiger charge is 2.24. The highest BCUT2D eigenvalue weighted by molar-refractivity contribution is 9.10. The van der Waals surface area contributed by atoms with E-state index in [0.717, 1.165) is 42.1 Å². The lowest BCUT2D eigenvalue weighted by molar-refractivity contribution is 0.241. The minimum atomic E-state index is 0.200. The molecule has 0 saturated carbocycles. The number of hydrogen-bond acceptors (Lipinski definition) is 2. The van der Waals surface area contributed by atoms with Crippen molar-refractivity contribution in [1.29, 1.82) is 0 Å². The third-order valence-corrected chi connectivity index (χ3v) is 4.94. The molecule has 2 aromatic rings. The first-order valence-corrected chi connectivity index (χ1v) is 8.87. The molecule has 1 aliphatic heterocycles. The van der Waals surface area contributed by atoms with Gasteiger partial charge < -0.3 is 5.32 Å². The molecule has 2 aromatic carbocycles. The second-order valence-corrected chi connectivity index (χ2v) is 6.94. The largest absolute Gasteiger partial charge is 0.315 e. The van der Waals surface area contributed by atoms with Crippen LogP contribution in [0, 0.1) is 0 Å². The van der Waals surface area contributed by atoms with E-state index >= 15 is 0 Å². The van der Waals surface area contributed by atoms with Gasteiger partial charge in [-0.15, -0.1) is 0 Å². The second-order valence-electron chi connectivity index (χ2n) is 5.62. The standard InChI is InChI=1S/C18H20BrClN2/c19-15-6-3-5-14(13-15)18(16-7-1-2-8-17(16)20)22-11-4-9-21-10-12-22/h1-3,5-8,13,18,21H,4,9-12H2. The molecule has 1 N–H and O–H groups in total. The summed E-state index contributed by atoms with van der Waals surface area (Å²) in [5, 5.41) is 4.31. The van der Waals surface area contributed by atoms with E-state index in [-0.39, 0.29) is 6.04 Å². The van der Waals surface area contributed by atoms with Gasteiger partial charge in [-0.2, -0.15) is 0 Å². The van der Waals surface area contributed by atoms with Gasteiger partial charge in [0.2, 0.25) is 0 Å². The lowest BCUT2D eigenvalue weighted by Crippen LogP contribution is -2.33. The third kappa shape index (κ3) is 3.72. The van der Waals surface area contributed by atoms with Gasteiger partial charge in [0, 0.05) is 29.1 Å². The van der Waals surface area contributed by atoms with Crippen LogP contribution >= 0.6 is 27.5 Å². The van der Waals surface area contributed by atoms with Crippen LogP contribution in [-0.2, 0) is 0 Å². The number of halogens is 2.